The zero-order valence-corrected chi connectivity index (χ0v) is 19.0. The van der Waals surface area contributed by atoms with Crippen LogP contribution in [0.15, 0.2) is 36.4 Å². The largest absolute Gasteiger partial charge is 0.493 e. The van der Waals surface area contributed by atoms with Crippen molar-refractivity contribution in [2.45, 2.75) is 25.9 Å². The molecule has 2 rings (SSSR count). The Bertz CT molecular complexity index is 758. The topological polar surface area (TPSA) is 52.2 Å². The Morgan fingerprint density at radius 1 is 0.828 bits per heavy atom. The van der Waals surface area contributed by atoms with Gasteiger partial charge in [-0.1, -0.05) is 13.0 Å². The fourth-order valence-corrected chi connectivity index (χ4v) is 3.14. The van der Waals surface area contributed by atoms with Gasteiger partial charge in [-0.25, -0.2) is 0 Å². The van der Waals surface area contributed by atoms with E-state index in [0.717, 1.165) is 48.1 Å². The van der Waals surface area contributed by atoms with Crippen molar-refractivity contribution >= 4 is 18.1 Å². The van der Waals surface area contributed by atoms with Crippen LogP contribution in [0.5, 0.6) is 23.0 Å². The molecule has 0 saturated carbocycles. The smallest absolute Gasteiger partial charge is 0.162 e. The fraction of sp³-hybridized carbons (Fsp3) is 0.455. The zero-order valence-electron chi connectivity index (χ0n) is 18.2. The summed E-state index contributed by atoms with van der Waals surface area (Å²) >= 11 is 0. The van der Waals surface area contributed by atoms with E-state index in [0.29, 0.717) is 0 Å². The average Bonchev–Trinajstić information content (AvgIpc) is 2.75. The van der Waals surface area contributed by atoms with E-state index < -0.39 is 0 Å². The minimum absolute atomic E-state index is 0. The summed E-state index contributed by atoms with van der Waals surface area (Å²) in [5.74, 6) is 2.96. The van der Waals surface area contributed by atoms with Gasteiger partial charge in [-0.05, 0) is 49.7 Å². The molecular formula is C22H33ClN2O4. The monoisotopic (exact) mass is 424 g/mol. The van der Waals surface area contributed by atoms with E-state index in [1.807, 2.05) is 30.3 Å². The molecule has 2 aromatic rings. The van der Waals surface area contributed by atoms with Gasteiger partial charge in [0.1, 0.15) is 0 Å². The van der Waals surface area contributed by atoms with Crippen molar-refractivity contribution in [1.29, 1.82) is 0 Å². The van der Waals surface area contributed by atoms with Crippen molar-refractivity contribution in [2.24, 2.45) is 0 Å². The van der Waals surface area contributed by atoms with Gasteiger partial charge < -0.3 is 24.3 Å². The number of nitrogens with one attached hydrogen (secondary N) is 1. The number of hydrogen-bond acceptors (Lipinski definition) is 6. The van der Waals surface area contributed by atoms with E-state index in [1.165, 1.54) is 5.56 Å². The molecule has 0 saturated heterocycles. The van der Waals surface area contributed by atoms with Crippen molar-refractivity contribution in [3.05, 3.63) is 42.0 Å². The van der Waals surface area contributed by atoms with Gasteiger partial charge in [0.15, 0.2) is 23.0 Å². The number of benzene rings is 2. The van der Waals surface area contributed by atoms with E-state index in [2.05, 4.69) is 30.3 Å². The van der Waals surface area contributed by atoms with Crippen molar-refractivity contribution in [3.8, 4) is 23.0 Å². The zero-order chi connectivity index (χ0) is 20.5. The first-order valence-electron chi connectivity index (χ1n) is 9.45. The molecule has 1 unspecified atom stereocenters. The van der Waals surface area contributed by atoms with Gasteiger partial charge in [0.25, 0.3) is 0 Å². The van der Waals surface area contributed by atoms with Crippen LogP contribution in [0.1, 0.15) is 18.9 Å². The van der Waals surface area contributed by atoms with E-state index in [4.69, 9.17) is 18.9 Å². The Kier molecular flexibility index (Phi) is 10.5. The number of ether oxygens (including phenoxy) is 4. The maximum atomic E-state index is 5.40. The molecule has 0 fully saturated rings. The van der Waals surface area contributed by atoms with Gasteiger partial charge in [-0.3, -0.25) is 4.90 Å². The molecule has 6 nitrogen and oxygen atoms in total. The van der Waals surface area contributed by atoms with Crippen molar-refractivity contribution < 1.29 is 18.9 Å². The molecule has 0 bridgehead atoms. The highest BCUT2D eigenvalue weighted by molar-refractivity contribution is 5.85. The lowest BCUT2D eigenvalue weighted by Crippen LogP contribution is -2.38. The average molecular weight is 425 g/mol. The van der Waals surface area contributed by atoms with Gasteiger partial charge >= 0.3 is 0 Å². The maximum Gasteiger partial charge on any atom is 0.162 e. The lowest BCUT2D eigenvalue weighted by Gasteiger charge is -2.29. The predicted octanol–water partition coefficient (Wildman–Crippen LogP) is 4.47. The molecule has 1 atom stereocenters. The molecule has 0 amide bonds. The normalized spacial score (nSPS) is 11.4. The minimum Gasteiger partial charge on any atom is -0.493 e. The van der Waals surface area contributed by atoms with Gasteiger partial charge in [0.2, 0.25) is 0 Å². The van der Waals surface area contributed by atoms with Crippen LogP contribution >= 0.6 is 12.4 Å². The Hall–Kier alpha value is -2.31. The third-order valence-corrected chi connectivity index (χ3v) is 4.84. The van der Waals surface area contributed by atoms with Crippen LogP contribution in [0, 0.1) is 0 Å². The first kappa shape index (κ1) is 24.7. The Morgan fingerprint density at radius 3 is 1.93 bits per heavy atom. The summed E-state index contributed by atoms with van der Waals surface area (Å²) in [5.41, 5.74) is 2.22. The molecule has 0 aliphatic heterocycles. The van der Waals surface area contributed by atoms with E-state index >= 15 is 0 Å². The Morgan fingerprint density at radius 2 is 1.38 bits per heavy atom. The summed E-state index contributed by atoms with van der Waals surface area (Å²) in [4.78, 5) is 2.31. The van der Waals surface area contributed by atoms with Crippen molar-refractivity contribution in [1.82, 2.24) is 4.90 Å². The SMILES string of the molecule is CCC(Nc1ccc(OC)c(OC)c1)N(C)CCc1ccc(OC)c(OC)c1.Cl. The quantitative estimate of drug-likeness (QED) is 0.537. The molecule has 162 valence electrons. The second kappa shape index (κ2) is 12.3. The molecule has 2 aromatic carbocycles. The molecule has 7 heteroatoms. The molecule has 0 aliphatic carbocycles. The summed E-state index contributed by atoms with van der Waals surface area (Å²) in [6, 6.07) is 12.0. The van der Waals surface area contributed by atoms with Crippen LogP contribution in [0.25, 0.3) is 0 Å². The minimum atomic E-state index is 0. The number of likely N-dealkylation sites (N-methyl/N-ethyl adjacent to an activating group) is 1. The number of methoxy groups -OCH3 is 4. The van der Waals surface area contributed by atoms with Crippen LogP contribution in [0.4, 0.5) is 5.69 Å². The third kappa shape index (κ3) is 6.61. The second-order valence-corrected chi connectivity index (χ2v) is 6.56. The number of anilines is 1. The van der Waals surface area contributed by atoms with Crippen molar-refractivity contribution in [3.63, 3.8) is 0 Å². The molecular weight excluding hydrogens is 392 g/mol. The Balaban J connectivity index is 0.00000420. The molecule has 29 heavy (non-hydrogen) atoms. The first-order chi connectivity index (χ1) is 13.6. The second-order valence-electron chi connectivity index (χ2n) is 6.56. The summed E-state index contributed by atoms with van der Waals surface area (Å²) < 4.78 is 21.4. The van der Waals surface area contributed by atoms with E-state index in [-0.39, 0.29) is 18.6 Å². The van der Waals surface area contributed by atoms with Crippen LogP contribution in [-0.2, 0) is 6.42 Å². The standard InChI is InChI=1S/C22H32N2O4.ClH/c1-7-22(23-17-9-11-19(26-4)21(15-17)28-6)24(2)13-12-16-8-10-18(25-3)20(14-16)27-5;/h8-11,14-15,22-23H,7,12-13H2,1-6H3;1H. The summed E-state index contributed by atoms with van der Waals surface area (Å²) in [7, 11) is 8.73. The summed E-state index contributed by atoms with van der Waals surface area (Å²) in [6.07, 6.45) is 2.09. The number of nitrogens with zero attached hydrogens (tertiary/aromatic N) is 1. The summed E-state index contributed by atoms with van der Waals surface area (Å²) in [6.45, 7) is 3.08. The summed E-state index contributed by atoms with van der Waals surface area (Å²) in [5, 5.41) is 3.58. The highest BCUT2D eigenvalue weighted by atomic mass is 35.5. The maximum absolute atomic E-state index is 5.40. The Labute approximate surface area is 180 Å². The van der Waals surface area contributed by atoms with Gasteiger partial charge in [0.05, 0.1) is 34.6 Å². The molecule has 0 spiro atoms. The van der Waals surface area contributed by atoms with Gasteiger partial charge in [0, 0.05) is 18.3 Å². The van der Waals surface area contributed by atoms with E-state index in [1.54, 1.807) is 28.4 Å². The number of halogens is 1. The van der Waals surface area contributed by atoms with Crippen molar-refractivity contribution in [2.75, 3.05) is 47.3 Å². The number of rotatable bonds is 11. The van der Waals surface area contributed by atoms with Gasteiger partial charge in [-0.2, -0.15) is 0 Å². The highest BCUT2D eigenvalue weighted by Crippen LogP contribution is 2.30. The van der Waals surface area contributed by atoms with Crippen LogP contribution in [0.2, 0.25) is 0 Å². The predicted molar refractivity (Wildman–Crippen MR) is 120 cm³/mol. The molecule has 1 N–H and O–H groups in total. The molecule has 0 heterocycles. The van der Waals surface area contributed by atoms with Crippen LogP contribution in [-0.4, -0.2) is 53.1 Å². The lowest BCUT2D eigenvalue weighted by molar-refractivity contribution is 0.262. The first-order valence-corrected chi connectivity index (χ1v) is 9.45. The molecule has 0 aromatic heterocycles. The highest BCUT2D eigenvalue weighted by Gasteiger charge is 2.14. The van der Waals surface area contributed by atoms with Crippen LogP contribution < -0.4 is 24.3 Å². The lowest BCUT2D eigenvalue weighted by atomic mass is 10.1. The number of hydrogen-bond donors (Lipinski definition) is 1. The molecule has 0 aliphatic rings. The molecule has 0 radical (unpaired) electrons. The fourth-order valence-electron chi connectivity index (χ4n) is 3.14. The third-order valence-electron chi connectivity index (χ3n) is 4.84. The van der Waals surface area contributed by atoms with Gasteiger partial charge in [-0.15, -0.1) is 12.4 Å². The van der Waals surface area contributed by atoms with E-state index in [9.17, 15) is 0 Å². The van der Waals surface area contributed by atoms with Crippen LogP contribution in [0.3, 0.4) is 0 Å².